The SMILES string of the molecule is [2H]C([2H])([2H])c1noc(NS(=O)(=O)c2ccsc2C(=O)O)c1Cl. The van der Waals surface area contributed by atoms with Gasteiger partial charge in [0.2, 0.25) is 0 Å². The summed E-state index contributed by atoms with van der Waals surface area (Å²) in [5.74, 6) is -2.02. The summed E-state index contributed by atoms with van der Waals surface area (Å²) in [6.07, 6.45) is 0. The number of aromatic carboxylic acids is 1. The fraction of sp³-hybridized carbons (Fsp3) is 0.111. The molecule has 0 aromatic carbocycles. The summed E-state index contributed by atoms with van der Waals surface area (Å²) in [7, 11) is -4.32. The van der Waals surface area contributed by atoms with Gasteiger partial charge in [0.25, 0.3) is 15.9 Å². The monoisotopic (exact) mass is 325 g/mol. The first-order chi connectivity index (χ1) is 10.0. The molecule has 7 nitrogen and oxygen atoms in total. The predicted octanol–water partition coefficient (Wildman–Crippen LogP) is 2.20. The zero-order chi connectivity index (χ0) is 16.7. The van der Waals surface area contributed by atoms with Gasteiger partial charge in [-0.05, 0) is 18.3 Å². The predicted molar refractivity (Wildman–Crippen MR) is 68.3 cm³/mol. The van der Waals surface area contributed by atoms with Crippen LogP contribution in [0.3, 0.4) is 0 Å². The van der Waals surface area contributed by atoms with Gasteiger partial charge < -0.3 is 9.63 Å². The van der Waals surface area contributed by atoms with Crippen molar-refractivity contribution >= 4 is 44.8 Å². The molecule has 2 aromatic rings. The average molecular weight is 326 g/mol. The fourth-order valence-electron chi connectivity index (χ4n) is 1.18. The lowest BCUT2D eigenvalue weighted by Gasteiger charge is -2.04. The van der Waals surface area contributed by atoms with Crippen LogP contribution in [0.15, 0.2) is 20.9 Å². The Morgan fingerprint density at radius 2 is 2.42 bits per heavy atom. The van der Waals surface area contributed by atoms with Crippen molar-refractivity contribution in [3.05, 3.63) is 27.0 Å². The molecule has 2 aromatic heterocycles. The number of sulfonamides is 1. The number of halogens is 1. The van der Waals surface area contributed by atoms with E-state index in [1.54, 1.807) is 0 Å². The van der Waals surface area contributed by atoms with Crippen molar-refractivity contribution in [1.82, 2.24) is 5.16 Å². The maximum atomic E-state index is 12.1. The number of carboxylic acids is 1. The first-order valence-electron chi connectivity index (χ1n) is 6.03. The van der Waals surface area contributed by atoms with Gasteiger partial charge in [-0.2, -0.15) is 0 Å². The number of nitrogens with zero attached hydrogens (tertiary/aromatic N) is 1. The number of carboxylic acid groups (broad SMARTS) is 1. The van der Waals surface area contributed by atoms with E-state index in [1.165, 1.54) is 5.38 Å². The molecule has 0 saturated carbocycles. The molecule has 10 heteroatoms. The van der Waals surface area contributed by atoms with E-state index < -0.39 is 49.2 Å². The molecule has 0 amide bonds. The van der Waals surface area contributed by atoms with Crippen LogP contribution in [0.1, 0.15) is 19.5 Å². The zero-order valence-corrected chi connectivity index (χ0v) is 11.3. The minimum absolute atomic E-state index is 0.404. The Labute approximate surface area is 121 Å². The van der Waals surface area contributed by atoms with E-state index in [4.69, 9.17) is 20.8 Å². The Balaban J connectivity index is 2.40. The Hall–Kier alpha value is -1.58. The van der Waals surface area contributed by atoms with Crippen LogP contribution in [0.5, 0.6) is 0 Å². The van der Waals surface area contributed by atoms with Crippen LogP contribution >= 0.6 is 22.9 Å². The molecule has 0 fully saturated rings. The number of aromatic nitrogens is 1. The van der Waals surface area contributed by atoms with Crippen LogP contribution in [0.2, 0.25) is 5.02 Å². The normalized spacial score (nSPS) is 14.5. The third-order valence-electron chi connectivity index (χ3n) is 1.98. The van der Waals surface area contributed by atoms with Gasteiger partial charge in [0.15, 0.2) is 0 Å². The number of nitrogens with one attached hydrogen (secondary N) is 1. The van der Waals surface area contributed by atoms with Crippen LogP contribution in [-0.2, 0) is 10.0 Å². The summed E-state index contributed by atoms with van der Waals surface area (Å²) < 4.78 is 52.2. The van der Waals surface area contributed by atoms with Gasteiger partial charge in [0.05, 0.1) is 0 Å². The van der Waals surface area contributed by atoms with E-state index in [2.05, 4.69) is 9.68 Å². The second kappa shape index (κ2) is 4.83. The summed E-state index contributed by atoms with van der Waals surface area (Å²) in [5.41, 5.74) is -0.601. The Morgan fingerprint density at radius 3 is 3.00 bits per heavy atom. The maximum Gasteiger partial charge on any atom is 0.347 e. The standard InChI is InChI=1S/C9H7ClN2O5S2/c1-4-6(10)8(17-11-4)12-19(15,16)5-2-3-18-7(5)9(13)14/h2-3,12H,1H3,(H,13,14)/i1D3. The lowest BCUT2D eigenvalue weighted by molar-refractivity contribution is 0.0698. The molecule has 0 unspecified atom stereocenters. The summed E-state index contributed by atoms with van der Waals surface area (Å²) >= 11 is 6.44. The van der Waals surface area contributed by atoms with E-state index in [9.17, 15) is 13.2 Å². The lowest BCUT2D eigenvalue weighted by atomic mass is 10.5. The molecule has 0 aliphatic rings. The number of thiophene rings is 1. The van der Waals surface area contributed by atoms with Crippen LogP contribution in [-0.4, -0.2) is 24.7 Å². The van der Waals surface area contributed by atoms with Crippen LogP contribution in [0, 0.1) is 6.85 Å². The van der Waals surface area contributed by atoms with Crippen LogP contribution in [0.25, 0.3) is 0 Å². The second-order valence-corrected chi connectivity index (χ2v) is 6.14. The molecule has 2 heterocycles. The highest BCUT2D eigenvalue weighted by Crippen LogP contribution is 2.29. The van der Waals surface area contributed by atoms with Crippen LogP contribution < -0.4 is 4.72 Å². The van der Waals surface area contributed by atoms with Gasteiger partial charge >= 0.3 is 5.97 Å². The summed E-state index contributed by atoms with van der Waals surface area (Å²) in [6.45, 7) is -2.68. The van der Waals surface area contributed by atoms with Gasteiger partial charge in [0.1, 0.15) is 20.5 Å². The summed E-state index contributed by atoms with van der Waals surface area (Å²) in [5, 5.41) is 12.9. The molecule has 19 heavy (non-hydrogen) atoms. The minimum Gasteiger partial charge on any atom is -0.477 e. The van der Waals surface area contributed by atoms with Crippen molar-refractivity contribution in [1.29, 1.82) is 0 Å². The number of hydrogen-bond donors (Lipinski definition) is 2. The Kier molecular flexibility index (Phi) is 2.60. The van der Waals surface area contributed by atoms with Gasteiger partial charge in [0, 0.05) is 4.11 Å². The molecule has 102 valence electrons. The molecule has 0 aliphatic carbocycles. The molecular formula is C9H7ClN2O5S2. The quantitative estimate of drug-likeness (QED) is 0.891. The Bertz CT molecular complexity index is 827. The van der Waals surface area contributed by atoms with Crippen molar-refractivity contribution in [3.8, 4) is 0 Å². The number of hydrogen-bond acceptors (Lipinski definition) is 6. The molecule has 2 N–H and O–H groups in total. The smallest absolute Gasteiger partial charge is 0.347 e. The molecule has 0 atom stereocenters. The van der Waals surface area contributed by atoms with Crippen molar-refractivity contribution in [2.75, 3.05) is 4.72 Å². The minimum atomic E-state index is -4.32. The highest BCUT2D eigenvalue weighted by Gasteiger charge is 2.26. The van der Waals surface area contributed by atoms with E-state index >= 15 is 0 Å². The van der Waals surface area contributed by atoms with Gasteiger partial charge in [-0.3, -0.25) is 0 Å². The lowest BCUT2D eigenvalue weighted by Crippen LogP contribution is -2.15. The van der Waals surface area contributed by atoms with Crippen molar-refractivity contribution < 1.29 is 27.0 Å². The molecule has 2 rings (SSSR count). The summed E-state index contributed by atoms with van der Waals surface area (Å²) in [6, 6.07) is 1.09. The maximum absolute atomic E-state index is 12.1. The molecule has 0 aliphatic heterocycles. The third kappa shape index (κ3) is 2.57. The van der Waals surface area contributed by atoms with Crippen molar-refractivity contribution in [3.63, 3.8) is 0 Å². The van der Waals surface area contributed by atoms with Gasteiger partial charge in [-0.15, -0.1) is 11.3 Å². The third-order valence-corrected chi connectivity index (χ3v) is 4.73. The first-order valence-corrected chi connectivity index (χ1v) is 7.27. The van der Waals surface area contributed by atoms with Gasteiger partial charge in [-0.1, -0.05) is 16.8 Å². The fourth-order valence-corrected chi connectivity index (χ4v) is 3.61. The van der Waals surface area contributed by atoms with Crippen molar-refractivity contribution in [2.45, 2.75) is 11.7 Å². The zero-order valence-electron chi connectivity index (χ0n) is 11.9. The number of rotatable bonds is 4. The van der Waals surface area contributed by atoms with E-state index in [0.717, 1.165) is 17.4 Å². The molecular weight excluding hydrogens is 316 g/mol. The second-order valence-electron chi connectivity index (χ2n) is 3.20. The highest BCUT2D eigenvalue weighted by molar-refractivity contribution is 7.93. The largest absolute Gasteiger partial charge is 0.477 e. The first kappa shape index (κ1) is 10.2. The van der Waals surface area contributed by atoms with Crippen LogP contribution in [0.4, 0.5) is 5.88 Å². The molecule has 0 bridgehead atoms. The number of anilines is 1. The molecule has 0 saturated heterocycles. The number of carbonyl (C=O) groups is 1. The van der Waals surface area contributed by atoms with Gasteiger partial charge in [-0.25, -0.2) is 17.9 Å². The molecule has 0 radical (unpaired) electrons. The van der Waals surface area contributed by atoms with E-state index in [-0.39, 0.29) is 0 Å². The van der Waals surface area contributed by atoms with E-state index in [1.807, 2.05) is 4.72 Å². The van der Waals surface area contributed by atoms with Crippen molar-refractivity contribution in [2.24, 2.45) is 0 Å². The molecule has 0 spiro atoms. The topological polar surface area (TPSA) is 110 Å². The highest BCUT2D eigenvalue weighted by atomic mass is 35.5. The average Bonchev–Trinajstić information content (AvgIpc) is 2.96. The van der Waals surface area contributed by atoms with E-state index in [0.29, 0.717) is 0 Å². The number of aryl methyl sites for hydroxylation is 1. The summed E-state index contributed by atoms with van der Waals surface area (Å²) in [4.78, 5) is 10.1. The Morgan fingerprint density at radius 1 is 1.68 bits per heavy atom.